The fourth-order valence-electron chi connectivity index (χ4n) is 4.16. The number of aliphatic hydroxyl groups is 1. The molecule has 3 aromatic carbocycles. The van der Waals surface area contributed by atoms with Crippen molar-refractivity contribution >= 4 is 0 Å². The molecule has 0 bridgehead atoms. The second-order valence-electron chi connectivity index (χ2n) is 7.77. The van der Waals surface area contributed by atoms with Crippen molar-refractivity contribution in [3.8, 4) is 0 Å². The number of aromatic nitrogens is 2. The van der Waals surface area contributed by atoms with Crippen molar-refractivity contribution in [1.29, 1.82) is 0 Å². The molecule has 0 aliphatic carbocycles. The minimum absolute atomic E-state index is 0.130. The summed E-state index contributed by atoms with van der Waals surface area (Å²) < 4.78 is 8.19. The van der Waals surface area contributed by atoms with Crippen LogP contribution >= 0.6 is 0 Å². The minimum atomic E-state index is -0.941. The molecular formula is C27H26N2O4. The van der Waals surface area contributed by atoms with Gasteiger partial charge in [0.25, 0.3) is 5.56 Å². The van der Waals surface area contributed by atoms with Crippen LogP contribution in [0.4, 0.5) is 0 Å². The molecule has 0 spiro atoms. The van der Waals surface area contributed by atoms with E-state index in [9.17, 15) is 14.7 Å². The van der Waals surface area contributed by atoms with Gasteiger partial charge in [0.05, 0.1) is 12.6 Å². The standard InChI is InChI=1S/C27H26N2O4/c30-19-17-24(29-18-16-25(31)28-26(29)32)20-33-27(21-10-4-1-5-11-21,22-12-6-2-7-13-22)23-14-8-3-9-15-23/h1-16,18,24,30H,17,19-20H2,(H,28,31,32). The van der Waals surface area contributed by atoms with Gasteiger partial charge >= 0.3 is 5.69 Å². The number of benzene rings is 3. The summed E-state index contributed by atoms with van der Waals surface area (Å²) in [5.41, 5.74) is 0.891. The molecule has 6 nitrogen and oxygen atoms in total. The monoisotopic (exact) mass is 442 g/mol. The highest BCUT2D eigenvalue weighted by atomic mass is 16.5. The van der Waals surface area contributed by atoms with Gasteiger partial charge in [-0.25, -0.2) is 4.79 Å². The highest BCUT2D eigenvalue weighted by Gasteiger charge is 2.38. The first-order valence-corrected chi connectivity index (χ1v) is 10.9. The van der Waals surface area contributed by atoms with Crippen molar-refractivity contribution in [2.75, 3.05) is 13.2 Å². The molecule has 1 unspecified atom stereocenters. The normalized spacial score (nSPS) is 12.4. The Morgan fingerprint density at radius 2 is 1.27 bits per heavy atom. The van der Waals surface area contributed by atoms with Crippen LogP contribution in [0.5, 0.6) is 0 Å². The predicted molar refractivity (Wildman–Crippen MR) is 127 cm³/mol. The third-order valence-corrected chi connectivity index (χ3v) is 5.74. The number of rotatable bonds is 9. The van der Waals surface area contributed by atoms with Gasteiger partial charge in [0.1, 0.15) is 5.60 Å². The number of aliphatic hydroxyl groups excluding tert-OH is 1. The van der Waals surface area contributed by atoms with Gasteiger partial charge in [-0.15, -0.1) is 0 Å². The lowest BCUT2D eigenvalue weighted by Crippen LogP contribution is -2.38. The third-order valence-electron chi connectivity index (χ3n) is 5.74. The summed E-state index contributed by atoms with van der Waals surface area (Å²) in [4.78, 5) is 26.3. The van der Waals surface area contributed by atoms with Gasteiger partial charge in [-0.1, -0.05) is 91.0 Å². The highest BCUT2D eigenvalue weighted by molar-refractivity contribution is 5.47. The molecule has 4 aromatic rings. The molecule has 2 N–H and O–H groups in total. The smallest absolute Gasteiger partial charge is 0.328 e. The molecule has 168 valence electrons. The molecular weight excluding hydrogens is 416 g/mol. The Hall–Kier alpha value is -3.74. The van der Waals surface area contributed by atoms with Gasteiger partial charge in [0.2, 0.25) is 0 Å². The molecule has 0 amide bonds. The molecule has 0 fully saturated rings. The second kappa shape index (κ2) is 10.3. The van der Waals surface area contributed by atoms with Crippen LogP contribution in [-0.4, -0.2) is 27.9 Å². The summed E-state index contributed by atoms with van der Waals surface area (Å²) in [5, 5.41) is 9.68. The first-order chi connectivity index (χ1) is 16.1. The van der Waals surface area contributed by atoms with Crippen molar-refractivity contribution in [3.63, 3.8) is 0 Å². The quantitative estimate of drug-likeness (QED) is 0.389. The number of nitrogens with one attached hydrogen (secondary N) is 1. The van der Waals surface area contributed by atoms with Gasteiger partial charge in [0.15, 0.2) is 0 Å². The van der Waals surface area contributed by atoms with Crippen molar-refractivity contribution in [2.45, 2.75) is 18.1 Å². The van der Waals surface area contributed by atoms with E-state index in [0.717, 1.165) is 16.7 Å². The predicted octanol–water partition coefficient (Wildman–Crippen LogP) is 3.47. The van der Waals surface area contributed by atoms with E-state index < -0.39 is 22.9 Å². The van der Waals surface area contributed by atoms with E-state index in [-0.39, 0.29) is 13.2 Å². The van der Waals surface area contributed by atoms with E-state index in [1.807, 2.05) is 91.0 Å². The second-order valence-corrected chi connectivity index (χ2v) is 7.77. The Balaban J connectivity index is 1.84. The lowest BCUT2D eigenvalue weighted by atomic mass is 9.80. The first kappa shape index (κ1) is 22.5. The Kier molecular flexibility index (Phi) is 6.98. The summed E-state index contributed by atoms with van der Waals surface area (Å²) >= 11 is 0. The third kappa shape index (κ3) is 4.72. The maximum Gasteiger partial charge on any atom is 0.328 e. The molecule has 4 rings (SSSR count). The maximum atomic E-state index is 12.5. The minimum Gasteiger partial charge on any atom is -0.396 e. The Labute approximate surface area is 191 Å². The number of hydrogen-bond donors (Lipinski definition) is 2. The lowest BCUT2D eigenvalue weighted by Gasteiger charge is -2.37. The van der Waals surface area contributed by atoms with Crippen molar-refractivity contribution < 1.29 is 9.84 Å². The maximum absolute atomic E-state index is 12.5. The fourth-order valence-corrected chi connectivity index (χ4v) is 4.16. The summed E-state index contributed by atoms with van der Waals surface area (Å²) in [6, 6.07) is 30.6. The molecule has 33 heavy (non-hydrogen) atoms. The number of nitrogens with zero attached hydrogens (tertiary/aromatic N) is 1. The van der Waals surface area contributed by atoms with Crippen LogP contribution in [-0.2, 0) is 10.3 Å². The van der Waals surface area contributed by atoms with Crippen molar-refractivity contribution in [1.82, 2.24) is 9.55 Å². The van der Waals surface area contributed by atoms with E-state index in [1.165, 1.54) is 16.8 Å². The van der Waals surface area contributed by atoms with Crippen molar-refractivity contribution in [3.05, 3.63) is 141 Å². The van der Waals surface area contributed by atoms with Gasteiger partial charge in [0, 0.05) is 18.9 Å². The molecule has 0 radical (unpaired) electrons. The molecule has 1 aromatic heterocycles. The van der Waals surface area contributed by atoms with E-state index in [2.05, 4.69) is 4.98 Å². The van der Waals surface area contributed by atoms with Gasteiger partial charge < -0.3 is 9.84 Å². The number of H-pyrrole nitrogens is 1. The zero-order valence-electron chi connectivity index (χ0n) is 18.1. The zero-order chi connectivity index (χ0) is 23.1. The Morgan fingerprint density at radius 1 is 0.788 bits per heavy atom. The molecule has 1 atom stereocenters. The molecule has 6 heteroatoms. The molecule has 0 aliphatic heterocycles. The van der Waals surface area contributed by atoms with Crippen LogP contribution in [0.1, 0.15) is 29.2 Å². The number of ether oxygens (including phenoxy) is 1. The zero-order valence-corrected chi connectivity index (χ0v) is 18.1. The van der Waals surface area contributed by atoms with Crippen LogP contribution in [0.25, 0.3) is 0 Å². The van der Waals surface area contributed by atoms with E-state index in [4.69, 9.17) is 4.74 Å². The molecule has 0 saturated carbocycles. The first-order valence-electron chi connectivity index (χ1n) is 10.9. The molecule has 0 saturated heterocycles. The van der Waals surface area contributed by atoms with Gasteiger partial charge in [-0.2, -0.15) is 0 Å². The van der Waals surface area contributed by atoms with Gasteiger partial charge in [-0.05, 0) is 23.1 Å². The summed E-state index contributed by atoms with van der Waals surface area (Å²) in [6.45, 7) is -0.000201. The van der Waals surface area contributed by atoms with Crippen LogP contribution in [0.2, 0.25) is 0 Å². The van der Waals surface area contributed by atoms with Crippen molar-refractivity contribution in [2.24, 2.45) is 0 Å². The van der Waals surface area contributed by atoms with Crippen LogP contribution < -0.4 is 11.2 Å². The lowest BCUT2D eigenvalue weighted by molar-refractivity contribution is -0.0102. The SMILES string of the molecule is O=c1ccn(C(CCO)COC(c2ccccc2)(c2ccccc2)c2ccccc2)c(=O)[nH]1. The number of aromatic amines is 1. The van der Waals surface area contributed by atoms with E-state index >= 15 is 0 Å². The average molecular weight is 443 g/mol. The van der Waals surface area contributed by atoms with Crippen LogP contribution in [0, 0.1) is 0 Å². The van der Waals surface area contributed by atoms with E-state index in [0.29, 0.717) is 6.42 Å². The highest BCUT2D eigenvalue weighted by Crippen LogP contribution is 2.41. The fraction of sp³-hybridized carbons (Fsp3) is 0.185. The topological polar surface area (TPSA) is 84.3 Å². The number of hydrogen-bond acceptors (Lipinski definition) is 4. The Bertz CT molecular complexity index is 1170. The summed E-state index contributed by atoms with van der Waals surface area (Å²) in [6.07, 6.45) is 1.74. The average Bonchev–Trinajstić information content (AvgIpc) is 2.86. The largest absolute Gasteiger partial charge is 0.396 e. The summed E-state index contributed by atoms with van der Waals surface area (Å²) in [5.74, 6) is 0. The van der Waals surface area contributed by atoms with Gasteiger partial charge in [-0.3, -0.25) is 14.3 Å². The summed E-state index contributed by atoms with van der Waals surface area (Å²) in [7, 11) is 0. The molecule has 0 aliphatic rings. The van der Waals surface area contributed by atoms with Crippen LogP contribution in [0.15, 0.2) is 113 Å². The van der Waals surface area contributed by atoms with E-state index in [1.54, 1.807) is 0 Å². The van der Waals surface area contributed by atoms with Crippen LogP contribution in [0.3, 0.4) is 0 Å². The Morgan fingerprint density at radius 3 is 1.70 bits per heavy atom. The molecule has 1 heterocycles.